The van der Waals surface area contributed by atoms with E-state index in [1.165, 1.54) is 6.07 Å². The number of hydrogen-bond donors (Lipinski definition) is 0. The van der Waals surface area contributed by atoms with Crippen molar-refractivity contribution in [1.82, 2.24) is 4.98 Å². The van der Waals surface area contributed by atoms with Gasteiger partial charge in [0, 0.05) is 6.20 Å². The predicted octanol–water partition coefficient (Wildman–Crippen LogP) is 1.40. The Morgan fingerprint density at radius 2 is 1.81 bits per heavy atom. The average Bonchev–Trinajstić information content (AvgIpc) is 2.45. The monoisotopic (exact) mass is 302 g/mol. The summed E-state index contributed by atoms with van der Waals surface area (Å²) in [4.78, 5) is 26.5. The van der Waals surface area contributed by atoms with E-state index in [1.54, 1.807) is 0 Å². The SMILES string of the molecule is COC(=O)C(C(=O)OC)c1ncc(C(F)(F)F)cc1C#N. The Balaban J connectivity index is 3.43. The number of nitriles is 1. The van der Waals surface area contributed by atoms with E-state index in [1.807, 2.05) is 0 Å². The molecule has 0 aliphatic carbocycles. The molecular weight excluding hydrogens is 293 g/mol. The van der Waals surface area contributed by atoms with Crippen molar-refractivity contribution >= 4 is 11.9 Å². The largest absolute Gasteiger partial charge is 0.468 e. The lowest BCUT2D eigenvalue weighted by Gasteiger charge is -2.14. The van der Waals surface area contributed by atoms with Crippen LogP contribution < -0.4 is 0 Å². The Kier molecular flexibility index (Phi) is 4.86. The topological polar surface area (TPSA) is 89.3 Å². The van der Waals surface area contributed by atoms with Crippen molar-refractivity contribution < 1.29 is 32.2 Å². The number of halogens is 3. The summed E-state index contributed by atoms with van der Waals surface area (Å²) in [6.07, 6.45) is -4.28. The highest BCUT2D eigenvalue weighted by Gasteiger charge is 2.37. The van der Waals surface area contributed by atoms with Crippen molar-refractivity contribution in [3.63, 3.8) is 0 Å². The van der Waals surface area contributed by atoms with Crippen LogP contribution in [-0.4, -0.2) is 31.1 Å². The number of carbonyl (C=O) groups is 2. The lowest BCUT2D eigenvalue weighted by molar-refractivity contribution is -0.154. The molecule has 0 aliphatic heterocycles. The number of alkyl halides is 3. The van der Waals surface area contributed by atoms with Gasteiger partial charge in [-0.2, -0.15) is 18.4 Å². The number of esters is 2. The third kappa shape index (κ3) is 3.47. The molecule has 0 amide bonds. The van der Waals surface area contributed by atoms with Crippen molar-refractivity contribution in [2.24, 2.45) is 0 Å². The van der Waals surface area contributed by atoms with Crippen LogP contribution in [-0.2, 0) is 25.2 Å². The van der Waals surface area contributed by atoms with Crippen molar-refractivity contribution in [1.29, 1.82) is 5.26 Å². The molecule has 1 heterocycles. The van der Waals surface area contributed by atoms with E-state index in [-0.39, 0.29) is 0 Å². The Labute approximate surface area is 117 Å². The number of rotatable bonds is 3. The predicted molar refractivity (Wildman–Crippen MR) is 60.7 cm³/mol. The number of hydrogen-bond acceptors (Lipinski definition) is 6. The highest BCUT2D eigenvalue weighted by Crippen LogP contribution is 2.31. The minimum Gasteiger partial charge on any atom is -0.468 e. The first-order valence-electron chi connectivity index (χ1n) is 5.39. The molecule has 0 fully saturated rings. The van der Waals surface area contributed by atoms with Gasteiger partial charge in [-0.1, -0.05) is 0 Å². The highest BCUT2D eigenvalue weighted by atomic mass is 19.4. The molecule has 1 rings (SSSR count). The molecule has 21 heavy (non-hydrogen) atoms. The molecule has 0 aromatic carbocycles. The molecule has 0 bridgehead atoms. The number of aromatic nitrogens is 1. The molecule has 0 radical (unpaired) electrons. The molecule has 1 aromatic rings. The van der Waals surface area contributed by atoms with E-state index >= 15 is 0 Å². The van der Waals surface area contributed by atoms with E-state index in [4.69, 9.17) is 5.26 Å². The summed E-state index contributed by atoms with van der Waals surface area (Å²) < 4.78 is 46.4. The average molecular weight is 302 g/mol. The summed E-state index contributed by atoms with van der Waals surface area (Å²) >= 11 is 0. The quantitative estimate of drug-likeness (QED) is 0.619. The van der Waals surface area contributed by atoms with Gasteiger partial charge in [0.1, 0.15) is 6.07 Å². The Bertz CT molecular complexity index is 592. The van der Waals surface area contributed by atoms with Crippen LogP contribution in [0.5, 0.6) is 0 Å². The summed E-state index contributed by atoms with van der Waals surface area (Å²) in [5.41, 5.74) is -2.19. The lowest BCUT2D eigenvalue weighted by Crippen LogP contribution is -2.26. The molecule has 6 nitrogen and oxygen atoms in total. The van der Waals surface area contributed by atoms with Crippen LogP contribution in [0.3, 0.4) is 0 Å². The number of nitrogens with zero attached hydrogens (tertiary/aromatic N) is 2. The zero-order chi connectivity index (χ0) is 16.2. The van der Waals surface area contributed by atoms with E-state index in [9.17, 15) is 22.8 Å². The number of ether oxygens (including phenoxy) is 2. The van der Waals surface area contributed by atoms with Crippen molar-refractivity contribution in [2.75, 3.05) is 14.2 Å². The van der Waals surface area contributed by atoms with E-state index in [0.29, 0.717) is 12.3 Å². The fourth-order valence-electron chi connectivity index (χ4n) is 1.51. The molecule has 0 N–H and O–H groups in total. The Hall–Kier alpha value is -2.63. The van der Waals surface area contributed by atoms with Crippen molar-refractivity contribution in [3.8, 4) is 6.07 Å². The first-order valence-corrected chi connectivity index (χ1v) is 5.39. The fraction of sp³-hybridized carbons (Fsp3) is 0.333. The van der Waals surface area contributed by atoms with E-state index < -0.39 is 40.9 Å². The van der Waals surface area contributed by atoms with Crippen molar-refractivity contribution in [2.45, 2.75) is 12.1 Å². The van der Waals surface area contributed by atoms with Crippen LogP contribution in [0, 0.1) is 11.3 Å². The molecule has 1 aromatic heterocycles. The van der Waals surface area contributed by atoms with Gasteiger partial charge in [-0.3, -0.25) is 14.6 Å². The first kappa shape index (κ1) is 16.4. The second-order valence-electron chi connectivity index (χ2n) is 3.75. The summed E-state index contributed by atoms with van der Waals surface area (Å²) in [6.45, 7) is 0. The molecule has 0 saturated carbocycles. The molecule has 0 aliphatic rings. The van der Waals surface area contributed by atoms with E-state index in [0.717, 1.165) is 14.2 Å². The third-order valence-electron chi connectivity index (χ3n) is 2.51. The normalized spacial score (nSPS) is 10.9. The van der Waals surface area contributed by atoms with E-state index in [2.05, 4.69) is 14.5 Å². The molecule has 0 unspecified atom stereocenters. The molecule has 0 atom stereocenters. The second-order valence-corrected chi connectivity index (χ2v) is 3.75. The molecule has 0 spiro atoms. The second kappa shape index (κ2) is 6.21. The van der Waals surface area contributed by atoms with Crippen LogP contribution >= 0.6 is 0 Å². The Morgan fingerprint density at radius 3 is 2.19 bits per heavy atom. The van der Waals surface area contributed by atoms with Crippen LogP contribution in [0.15, 0.2) is 12.3 Å². The zero-order valence-corrected chi connectivity index (χ0v) is 10.9. The van der Waals surface area contributed by atoms with Gasteiger partial charge in [0.05, 0.1) is 31.0 Å². The van der Waals surface area contributed by atoms with Crippen LogP contribution in [0.4, 0.5) is 13.2 Å². The summed E-state index contributed by atoms with van der Waals surface area (Å²) in [5, 5.41) is 8.90. The van der Waals surface area contributed by atoms with Gasteiger partial charge in [-0.25, -0.2) is 0 Å². The minimum atomic E-state index is -4.71. The van der Waals surface area contributed by atoms with Gasteiger partial charge < -0.3 is 9.47 Å². The van der Waals surface area contributed by atoms with Gasteiger partial charge >= 0.3 is 18.1 Å². The number of pyridine rings is 1. The molecular formula is C12H9F3N2O4. The lowest BCUT2D eigenvalue weighted by atomic mass is 9.99. The first-order chi connectivity index (χ1) is 9.76. The van der Waals surface area contributed by atoms with Gasteiger partial charge in [0.15, 0.2) is 5.92 Å². The van der Waals surface area contributed by atoms with Crippen LogP contribution in [0.25, 0.3) is 0 Å². The standard InChI is InChI=1S/C12H9F3N2O4/c1-20-10(18)8(11(19)21-2)9-6(4-16)3-7(5-17-9)12(13,14)15/h3,5,8H,1-2H3. The molecule has 112 valence electrons. The van der Waals surface area contributed by atoms with Crippen molar-refractivity contribution in [3.05, 3.63) is 29.1 Å². The van der Waals surface area contributed by atoms with Gasteiger partial charge in [0.2, 0.25) is 0 Å². The zero-order valence-electron chi connectivity index (χ0n) is 10.9. The maximum atomic E-state index is 12.6. The number of methoxy groups -OCH3 is 2. The maximum Gasteiger partial charge on any atom is 0.417 e. The smallest absolute Gasteiger partial charge is 0.417 e. The minimum absolute atomic E-state index is 0.426. The third-order valence-corrected chi connectivity index (χ3v) is 2.51. The molecule has 0 saturated heterocycles. The Morgan fingerprint density at radius 1 is 1.29 bits per heavy atom. The van der Waals surface area contributed by atoms with Gasteiger partial charge in [0.25, 0.3) is 0 Å². The summed E-state index contributed by atoms with van der Waals surface area (Å²) in [5.74, 6) is -3.91. The van der Waals surface area contributed by atoms with Crippen LogP contribution in [0.2, 0.25) is 0 Å². The number of carbonyl (C=O) groups excluding carboxylic acids is 2. The highest BCUT2D eigenvalue weighted by molar-refractivity contribution is 6.00. The van der Waals surface area contributed by atoms with Crippen LogP contribution in [0.1, 0.15) is 22.7 Å². The fourth-order valence-corrected chi connectivity index (χ4v) is 1.51. The summed E-state index contributed by atoms with van der Waals surface area (Å²) in [6, 6.07) is 1.97. The molecule has 9 heteroatoms. The summed E-state index contributed by atoms with van der Waals surface area (Å²) in [7, 11) is 1.96. The maximum absolute atomic E-state index is 12.6. The van der Waals surface area contributed by atoms with Gasteiger partial charge in [-0.15, -0.1) is 0 Å². The van der Waals surface area contributed by atoms with Gasteiger partial charge in [-0.05, 0) is 6.07 Å².